The van der Waals surface area contributed by atoms with E-state index in [-0.39, 0.29) is 42.0 Å². The molecule has 1 aromatic rings. The van der Waals surface area contributed by atoms with Crippen LogP contribution in [0.5, 0.6) is 11.5 Å². The van der Waals surface area contributed by atoms with E-state index in [0.29, 0.717) is 42.3 Å². The van der Waals surface area contributed by atoms with Crippen LogP contribution in [0.4, 0.5) is 5.69 Å². The number of primary amides is 1. The van der Waals surface area contributed by atoms with Crippen LogP contribution >= 0.6 is 11.0 Å². The third-order valence-corrected chi connectivity index (χ3v) is 11.9. The number of amides is 2. The lowest BCUT2D eigenvalue weighted by molar-refractivity contribution is -0.424. The van der Waals surface area contributed by atoms with Crippen molar-refractivity contribution >= 4 is 28.5 Å². The molecule has 0 bridgehead atoms. The number of benzene rings is 1. The summed E-state index contributed by atoms with van der Waals surface area (Å²) in [5, 5.41) is 3.21. The Labute approximate surface area is 193 Å². The molecule has 5 fully saturated rings. The summed E-state index contributed by atoms with van der Waals surface area (Å²) in [6, 6.07) is 5.60. The van der Waals surface area contributed by atoms with Crippen molar-refractivity contribution in [3.8, 4) is 11.5 Å². The number of rotatable bonds is 6. The molecule has 33 heavy (non-hydrogen) atoms. The Kier molecular flexibility index (Phi) is 3.83. The molecule has 11 heteroatoms. The Morgan fingerprint density at radius 1 is 1.27 bits per heavy atom. The van der Waals surface area contributed by atoms with Crippen LogP contribution in [0.15, 0.2) is 18.2 Å². The third kappa shape index (κ3) is 2.14. The smallest absolute Gasteiger partial charge is 0.236 e. The predicted molar refractivity (Wildman–Crippen MR) is 119 cm³/mol. The summed E-state index contributed by atoms with van der Waals surface area (Å²) in [5.74, 6) is 2.36. The number of ether oxygens (including phenoxy) is 2. The number of carbonyl (C=O) groups excluding carboxylic acids is 2. The highest BCUT2D eigenvalue weighted by Gasteiger charge is 2.92. The molecule has 4 saturated carbocycles. The van der Waals surface area contributed by atoms with Gasteiger partial charge in [-0.05, 0) is 65.5 Å². The summed E-state index contributed by atoms with van der Waals surface area (Å²) in [7, 11) is -1.35. The van der Waals surface area contributed by atoms with Crippen molar-refractivity contribution in [1.29, 1.82) is 0 Å². The van der Waals surface area contributed by atoms with E-state index in [1.165, 1.54) is 7.11 Å². The fraction of sp³-hybridized carbons (Fsp3) is 0.636. The summed E-state index contributed by atoms with van der Waals surface area (Å²) < 4.78 is 31.4. The zero-order chi connectivity index (χ0) is 22.8. The molecule has 1 saturated heterocycles. The van der Waals surface area contributed by atoms with Gasteiger partial charge >= 0.3 is 0 Å². The molecule has 7 unspecified atom stereocenters. The normalized spacial score (nSPS) is 45.3. The molecule has 4 aliphatic carbocycles. The van der Waals surface area contributed by atoms with Crippen LogP contribution in [0.2, 0.25) is 0 Å². The first-order valence-corrected chi connectivity index (χ1v) is 12.9. The van der Waals surface area contributed by atoms with Gasteiger partial charge in [0.15, 0.2) is 11.5 Å². The molecule has 2 aliphatic heterocycles. The van der Waals surface area contributed by atoms with Gasteiger partial charge in [-0.3, -0.25) is 22.6 Å². The van der Waals surface area contributed by atoms with Crippen molar-refractivity contribution in [3.63, 3.8) is 0 Å². The fourth-order valence-corrected chi connectivity index (χ4v) is 10.2. The summed E-state index contributed by atoms with van der Waals surface area (Å²) in [4.78, 5) is 25.1. The highest BCUT2D eigenvalue weighted by atomic mass is 32.3. The van der Waals surface area contributed by atoms with Crippen LogP contribution in [0.3, 0.4) is 0 Å². The van der Waals surface area contributed by atoms with Crippen LogP contribution in [0, 0.1) is 28.6 Å². The summed E-state index contributed by atoms with van der Waals surface area (Å²) in [5.41, 5.74) is 6.28. The molecule has 178 valence electrons. The summed E-state index contributed by atoms with van der Waals surface area (Å²) in [6.07, 6.45) is 2.81. The number of hydrogen-bond donors (Lipinski definition) is 3. The molecule has 2 heterocycles. The lowest BCUT2D eigenvalue weighted by Crippen LogP contribution is -2.94. The molecule has 0 aromatic heterocycles. The SMILES string of the molecule is COS1(O)N(CC(=O)NC2C3CC4CC5(C(N)=O)CC2C435)CCN1c1ccc2c(c1)OCO2. The van der Waals surface area contributed by atoms with Gasteiger partial charge in [-0.1, -0.05) is 0 Å². The van der Waals surface area contributed by atoms with Crippen molar-refractivity contribution in [2.45, 2.75) is 25.3 Å². The molecule has 0 radical (unpaired) electrons. The van der Waals surface area contributed by atoms with Gasteiger partial charge < -0.3 is 20.5 Å². The zero-order valence-corrected chi connectivity index (χ0v) is 19.2. The first-order valence-electron chi connectivity index (χ1n) is 11.5. The molecule has 1 aromatic carbocycles. The Bertz CT molecular complexity index is 1080. The maximum atomic E-state index is 13.0. The van der Waals surface area contributed by atoms with Gasteiger partial charge in [-0.25, -0.2) is 0 Å². The number of nitrogens with one attached hydrogen (secondary N) is 1. The van der Waals surface area contributed by atoms with Crippen molar-refractivity contribution in [3.05, 3.63) is 18.2 Å². The van der Waals surface area contributed by atoms with Crippen LogP contribution in [-0.4, -0.2) is 60.3 Å². The van der Waals surface area contributed by atoms with Crippen LogP contribution < -0.4 is 24.8 Å². The number of nitrogens with two attached hydrogens (primary N) is 1. The Morgan fingerprint density at radius 3 is 2.82 bits per heavy atom. The maximum absolute atomic E-state index is 13.0. The second-order valence-corrected chi connectivity index (χ2v) is 12.4. The second kappa shape index (κ2) is 6.26. The van der Waals surface area contributed by atoms with Crippen LogP contribution in [-0.2, 0) is 13.8 Å². The highest BCUT2D eigenvalue weighted by molar-refractivity contribution is 8.24. The molecule has 2 amide bonds. The Hall–Kier alpha value is -2.21. The molecular weight excluding hydrogens is 448 g/mol. The first-order chi connectivity index (χ1) is 15.8. The number of fused-ring (bicyclic) bond motifs is 1. The van der Waals surface area contributed by atoms with E-state index in [4.69, 9.17) is 19.4 Å². The molecule has 4 N–H and O–H groups in total. The number of hydrogen-bond acceptors (Lipinski definition) is 8. The average Bonchev–Trinajstić information content (AvgIpc) is 3.33. The molecule has 1 spiro atoms. The third-order valence-electron chi connectivity index (χ3n) is 9.46. The van der Waals surface area contributed by atoms with E-state index in [2.05, 4.69) is 5.32 Å². The fourth-order valence-electron chi connectivity index (χ4n) is 8.19. The van der Waals surface area contributed by atoms with E-state index in [1.54, 1.807) is 8.61 Å². The van der Waals surface area contributed by atoms with E-state index in [1.807, 2.05) is 18.2 Å². The molecule has 7 rings (SSSR count). The van der Waals surface area contributed by atoms with Crippen molar-refractivity contribution in [1.82, 2.24) is 9.62 Å². The van der Waals surface area contributed by atoms with E-state index in [9.17, 15) is 14.1 Å². The standard InChI is InChI=1S/C22H28N4O6S/c1-30-33(29)25(4-5-26(33)13-2-3-16-17(7-13)32-11-31-16)10-18(27)24-19-14-6-12-8-21(20(23)28)9-15(19)22(12,14)21/h2-3,7,12,14-15,19,29H,4-6,8-11H2,1H3,(H2,23,28)(H,24,27). The minimum absolute atomic E-state index is 0.0497. The number of carbonyl (C=O) groups is 2. The molecule has 6 aliphatic rings. The van der Waals surface area contributed by atoms with Crippen molar-refractivity contribution in [2.75, 3.05) is 37.8 Å². The number of anilines is 1. The van der Waals surface area contributed by atoms with Gasteiger partial charge in [-0.2, -0.15) is 4.31 Å². The quantitative estimate of drug-likeness (QED) is 0.560. The van der Waals surface area contributed by atoms with Crippen molar-refractivity contribution < 1.29 is 27.8 Å². The largest absolute Gasteiger partial charge is 0.454 e. The van der Waals surface area contributed by atoms with Crippen LogP contribution in [0.25, 0.3) is 0 Å². The minimum Gasteiger partial charge on any atom is -0.454 e. The zero-order valence-electron chi connectivity index (χ0n) is 18.4. The van der Waals surface area contributed by atoms with E-state index >= 15 is 0 Å². The molecular formula is C22H28N4O6S. The lowest BCUT2D eigenvalue weighted by Gasteiger charge is -2.92. The van der Waals surface area contributed by atoms with Crippen LogP contribution in [0.1, 0.15) is 19.3 Å². The highest BCUT2D eigenvalue weighted by Crippen LogP contribution is 2.92. The van der Waals surface area contributed by atoms with Gasteiger partial charge in [0.05, 0.1) is 31.3 Å². The summed E-state index contributed by atoms with van der Waals surface area (Å²) in [6.45, 7) is 1.25. The monoisotopic (exact) mass is 476 g/mol. The van der Waals surface area contributed by atoms with E-state index in [0.717, 1.165) is 24.9 Å². The topological polar surface area (TPSA) is 127 Å². The lowest BCUT2D eigenvalue weighted by atomic mass is 9.12. The van der Waals surface area contributed by atoms with Gasteiger partial charge in [0.25, 0.3) is 0 Å². The summed E-state index contributed by atoms with van der Waals surface area (Å²) >= 11 is 0. The van der Waals surface area contributed by atoms with Gasteiger partial charge in [0, 0.05) is 18.7 Å². The van der Waals surface area contributed by atoms with E-state index < -0.39 is 11.0 Å². The Morgan fingerprint density at radius 2 is 2.09 bits per heavy atom. The average molecular weight is 477 g/mol. The Balaban J connectivity index is 1.03. The number of nitrogens with zero attached hydrogens (tertiary/aromatic N) is 2. The minimum atomic E-state index is -2.81. The van der Waals surface area contributed by atoms with Gasteiger partial charge in [-0.15, -0.1) is 0 Å². The second-order valence-electron chi connectivity index (χ2n) is 10.2. The maximum Gasteiger partial charge on any atom is 0.236 e. The first kappa shape index (κ1) is 20.2. The predicted octanol–water partition coefficient (Wildman–Crippen LogP) is 1.22. The molecule has 7 atom stereocenters. The molecule has 10 nitrogen and oxygen atoms in total. The van der Waals surface area contributed by atoms with Gasteiger partial charge in [0.2, 0.25) is 18.6 Å². The van der Waals surface area contributed by atoms with Gasteiger partial charge in [0.1, 0.15) is 0 Å². The van der Waals surface area contributed by atoms with Crippen molar-refractivity contribution in [2.24, 2.45) is 34.3 Å².